The number of hydrogen-bond acceptors (Lipinski definition) is 1. The third-order valence-corrected chi connectivity index (χ3v) is 1.26. The van der Waals surface area contributed by atoms with Crippen LogP contribution in [0.15, 0.2) is 47.7 Å². The highest BCUT2D eigenvalue weighted by molar-refractivity contribution is 5.33. The third kappa shape index (κ3) is 1.94. The molecular formula is C9H11N. The van der Waals surface area contributed by atoms with Crippen LogP contribution in [0.5, 0.6) is 0 Å². The van der Waals surface area contributed by atoms with Crippen molar-refractivity contribution >= 4 is 0 Å². The van der Waals surface area contributed by atoms with Crippen LogP contribution in [0.1, 0.15) is 6.92 Å². The van der Waals surface area contributed by atoms with E-state index < -0.39 is 0 Å². The van der Waals surface area contributed by atoms with Crippen LogP contribution >= 0.6 is 0 Å². The van der Waals surface area contributed by atoms with E-state index in [1.807, 2.05) is 43.4 Å². The van der Waals surface area contributed by atoms with E-state index in [1.54, 1.807) is 0 Å². The zero-order chi connectivity index (χ0) is 7.40. The molecule has 0 saturated carbocycles. The number of allylic oxidation sites excluding steroid dienone is 7. The minimum Gasteiger partial charge on any atom is -0.399 e. The molecule has 1 aliphatic rings. The van der Waals surface area contributed by atoms with Crippen molar-refractivity contribution < 1.29 is 0 Å². The van der Waals surface area contributed by atoms with E-state index in [2.05, 4.69) is 0 Å². The van der Waals surface area contributed by atoms with E-state index in [0.29, 0.717) is 0 Å². The van der Waals surface area contributed by atoms with Crippen molar-refractivity contribution in [2.45, 2.75) is 6.92 Å². The van der Waals surface area contributed by atoms with Gasteiger partial charge in [0.25, 0.3) is 0 Å². The smallest absolute Gasteiger partial charge is 0.0316 e. The normalized spacial score (nSPS) is 23.7. The molecule has 0 heterocycles. The molecule has 0 aromatic carbocycles. The van der Waals surface area contributed by atoms with Crippen LogP contribution < -0.4 is 5.73 Å². The second kappa shape index (κ2) is 3.06. The van der Waals surface area contributed by atoms with E-state index in [4.69, 9.17) is 5.73 Å². The van der Waals surface area contributed by atoms with Gasteiger partial charge in [-0.2, -0.15) is 0 Å². The van der Waals surface area contributed by atoms with Gasteiger partial charge >= 0.3 is 0 Å². The second-order valence-electron chi connectivity index (χ2n) is 2.30. The topological polar surface area (TPSA) is 26.0 Å². The lowest BCUT2D eigenvalue weighted by Gasteiger charge is -1.94. The molecule has 52 valence electrons. The molecule has 0 unspecified atom stereocenters. The lowest BCUT2D eigenvalue weighted by atomic mass is 10.2. The first-order chi connectivity index (χ1) is 4.79. The highest BCUT2D eigenvalue weighted by atomic mass is 14.5. The summed E-state index contributed by atoms with van der Waals surface area (Å²) in [5.41, 5.74) is 7.58. The van der Waals surface area contributed by atoms with Crippen LogP contribution in [0, 0.1) is 0 Å². The van der Waals surface area contributed by atoms with Crippen molar-refractivity contribution in [1.82, 2.24) is 0 Å². The molecule has 1 rings (SSSR count). The van der Waals surface area contributed by atoms with Gasteiger partial charge in [0, 0.05) is 5.70 Å². The van der Waals surface area contributed by atoms with Crippen molar-refractivity contribution in [1.29, 1.82) is 0 Å². The summed E-state index contributed by atoms with van der Waals surface area (Å²) < 4.78 is 0. The Morgan fingerprint density at radius 1 is 1.20 bits per heavy atom. The molecule has 0 atom stereocenters. The maximum atomic E-state index is 5.59. The predicted octanol–water partition coefficient (Wildman–Crippen LogP) is 1.90. The van der Waals surface area contributed by atoms with Gasteiger partial charge in [-0.1, -0.05) is 24.3 Å². The Morgan fingerprint density at radius 2 is 2.00 bits per heavy atom. The molecule has 0 bridgehead atoms. The Labute approximate surface area is 61.2 Å². The molecule has 0 saturated heterocycles. The summed E-state index contributed by atoms with van der Waals surface area (Å²) in [4.78, 5) is 0. The fourth-order valence-corrected chi connectivity index (χ4v) is 0.797. The van der Waals surface area contributed by atoms with Crippen LogP contribution in [0.3, 0.4) is 0 Å². The first-order valence-electron chi connectivity index (χ1n) is 3.28. The lowest BCUT2D eigenvalue weighted by Crippen LogP contribution is -1.92. The molecule has 2 N–H and O–H groups in total. The van der Waals surface area contributed by atoms with E-state index in [1.165, 1.54) is 5.57 Å². The fraction of sp³-hybridized carbons (Fsp3) is 0.111. The fourth-order valence-electron chi connectivity index (χ4n) is 0.797. The first kappa shape index (κ1) is 6.87. The van der Waals surface area contributed by atoms with Gasteiger partial charge in [-0.05, 0) is 24.6 Å². The van der Waals surface area contributed by atoms with Gasteiger partial charge in [0.05, 0.1) is 0 Å². The Balaban J connectivity index is 2.89. The summed E-state index contributed by atoms with van der Waals surface area (Å²) in [6, 6.07) is 0. The summed E-state index contributed by atoms with van der Waals surface area (Å²) in [6.45, 7) is 2.02. The molecule has 0 spiro atoms. The van der Waals surface area contributed by atoms with Gasteiger partial charge in [0.1, 0.15) is 0 Å². The van der Waals surface area contributed by atoms with Gasteiger partial charge in [-0.3, -0.25) is 0 Å². The molecule has 0 aromatic heterocycles. The molecule has 0 radical (unpaired) electrons. The second-order valence-corrected chi connectivity index (χ2v) is 2.30. The van der Waals surface area contributed by atoms with E-state index in [0.717, 1.165) is 5.70 Å². The summed E-state index contributed by atoms with van der Waals surface area (Å²) in [5.74, 6) is 0. The van der Waals surface area contributed by atoms with Crippen LogP contribution in [-0.4, -0.2) is 0 Å². The van der Waals surface area contributed by atoms with Gasteiger partial charge in [-0.25, -0.2) is 0 Å². The van der Waals surface area contributed by atoms with Gasteiger partial charge in [0.15, 0.2) is 0 Å². The summed E-state index contributed by atoms with van der Waals surface area (Å²) in [7, 11) is 0. The summed E-state index contributed by atoms with van der Waals surface area (Å²) in [6.07, 6.45) is 11.7. The highest BCUT2D eigenvalue weighted by Crippen LogP contribution is 2.02. The van der Waals surface area contributed by atoms with Crippen molar-refractivity contribution in [2.75, 3.05) is 0 Å². The average molecular weight is 133 g/mol. The highest BCUT2D eigenvalue weighted by Gasteiger charge is 1.85. The zero-order valence-corrected chi connectivity index (χ0v) is 6.04. The Kier molecular flexibility index (Phi) is 2.11. The molecular weight excluding hydrogens is 122 g/mol. The van der Waals surface area contributed by atoms with E-state index >= 15 is 0 Å². The third-order valence-electron chi connectivity index (χ3n) is 1.26. The quantitative estimate of drug-likeness (QED) is 0.536. The van der Waals surface area contributed by atoms with Crippen molar-refractivity contribution in [3.05, 3.63) is 47.7 Å². The molecule has 0 fully saturated rings. The largest absolute Gasteiger partial charge is 0.399 e. The Morgan fingerprint density at radius 3 is 2.80 bits per heavy atom. The molecule has 10 heavy (non-hydrogen) atoms. The standard InChI is InChI=1S/C9H11N/c1-8-5-3-2-4-6-9(10)7-8/h2-7H,10H2,1H3/b3-2-,4-2?,5-3?,6-4-,8-5?,8-7?,9-6?,9-7?. The first-order valence-corrected chi connectivity index (χ1v) is 3.28. The predicted molar refractivity (Wildman–Crippen MR) is 44.3 cm³/mol. The molecule has 0 amide bonds. The van der Waals surface area contributed by atoms with Gasteiger partial charge < -0.3 is 5.73 Å². The Bertz CT molecular complexity index is 226. The van der Waals surface area contributed by atoms with Gasteiger partial charge in [0.2, 0.25) is 0 Å². The van der Waals surface area contributed by atoms with Crippen LogP contribution in [0.2, 0.25) is 0 Å². The van der Waals surface area contributed by atoms with Crippen LogP contribution in [0.25, 0.3) is 0 Å². The monoisotopic (exact) mass is 133 g/mol. The minimum absolute atomic E-state index is 0.804. The van der Waals surface area contributed by atoms with Gasteiger partial charge in [-0.15, -0.1) is 0 Å². The molecule has 0 aromatic rings. The molecule has 1 aliphatic carbocycles. The van der Waals surface area contributed by atoms with E-state index in [-0.39, 0.29) is 0 Å². The summed E-state index contributed by atoms with van der Waals surface area (Å²) >= 11 is 0. The molecule has 1 nitrogen and oxygen atoms in total. The van der Waals surface area contributed by atoms with Crippen LogP contribution in [-0.2, 0) is 0 Å². The SMILES string of the molecule is CC1=C/C=C\C=C/C(N)=C1. The lowest BCUT2D eigenvalue weighted by molar-refractivity contribution is 1.37. The average Bonchev–Trinajstić information content (AvgIpc) is 1.83. The van der Waals surface area contributed by atoms with Crippen molar-refractivity contribution in [3.8, 4) is 0 Å². The van der Waals surface area contributed by atoms with Crippen molar-refractivity contribution in [3.63, 3.8) is 0 Å². The maximum Gasteiger partial charge on any atom is 0.0316 e. The Hall–Kier alpha value is -1.24. The maximum absolute atomic E-state index is 5.59. The zero-order valence-electron chi connectivity index (χ0n) is 6.04. The van der Waals surface area contributed by atoms with Crippen LogP contribution in [0.4, 0.5) is 0 Å². The van der Waals surface area contributed by atoms with E-state index in [9.17, 15) is 0 Å². The number of nitrogens with two attached hydrogens (primary N) is 1. The van der Waals surface area contributed by atoms with Crippen molar-refractivity contribution in [2.24, 2.45) is 5.73 Å². The number of rotatable bonds is 0. The molecule has 1 heteroatoms. The number of hydrogen-bond donors (Lipinski definition) is 1. The molecule has 0 aliphatic heterocycles. The minimum atomic E-state index is 0.804. The summed E-state index contributed by atoms with van der Waals surface area (Å²) in [5, 5.41) is 0.